The lowest BCUT2D eigenvalue weighted by Crippen LogP contribution is -2.17. The Bertz CT molecular complexity index is 478. The third-order valence-electron chi connectivity index (χ3n) is 3.14. The van der Waals surface area contributed by atoms with Gasteiger partial charge in [-0.3, -0.25) is 4.79 Å². The van der Waals surface area contributed by atoms with Gasteiger partial charge in [0.05, 0.1) is 39.5 Å². The van der Waals surface area contributed by atoms with E-state index in [1.54, 1.807) is 27.0 Å². The molecule has 0 saturated carbocycles. The van der Waals surface area contributed by atoms with Crippen molar-refractivity contribution in [1.82, 2.24) is 0 Å². The summed E-state index contributed by atoms with van der Waals surface area (Å²) in [7, 11) is 1.63. The molecule has 0 aliphatic carbocycles. The molecule has 0 bridgehead atoms. The molecule has 5 heteroatoms. The van der Waals surface area contributed by atoms with Crippen LogP contribution in [-0.2, 0) is 20.9 Å². The molecule has 0 fully saturated rings. The highest BCUT2D eigenvalue weighted by Gasteiger charge is 2.12. The Morgan fingerprint density at radius 2 is 2.00 bits per heavy atom. The van der Waals surface area contributed by atoms with Gasteiger partial charge < -0.3 is 19.3 Å². The maximum Gasteiger partial charge on any atom is 0.308 e. The van der Waals surface area contributed by atoms with Crippen molar-refractivity contribution in [3.8, 4) is 5.75 Å². The molecule has 0 aromatic heterocycles. The van der Waals surface area contributed by atoms with Crippen LogP contribution in [0.3, 0.4) is 0 Å². The van der Waals surface area contributed by atoms with Gasteiger partial charge >= 0.3 is 5.97 Å². The number of carbonyl (C=O) groups excluding carboxylic acids is 1. The van der Waals surface area contributed by atoms with Crippen LogP contribution >= 0.6 is 0 Å². The molecule has 0 amide bonds. The maximum absolute atomic E-state index is 11.3. The van der Waals surface area contributed by atoms with Crippen LogP contribution in [0.1, 0.15) is 25.8 Å². The molecule has 0 spiro atoms. The van der Waals surface area contributed by atoms with E-state index in [1.165, 1.54) is 0 Å². The van der Waals surface area contributed by atoms with Crippen molar-refractivity contribution >= 4 is 5.97 Å². The molecule has 22 heavy (non-hydrogen) atoms. The average molecular weight is 308 g/mol. The first-order valence-corrected chi connectivity index (χ1v) is 7.27. The first-order valence-electron chi connectivity index (χ1n) is 7.27. The van der Waals surface area contributed by atoms with Crippen molar-refractivity contribution in [2.75, 3.05) is 20.3 Å². The van der Waals surface area contributed by atoms with E-state index in [2.05, 4.69) is 0 Å². The van der Waals surface area contributed by atoms with E-state index in [-0.39, 0.29) is 6.42 Å². The van der Waals surface area contributed by atoms with Crippen molar-refractivity contribution < 1.29 is 24.1 Å². The third-order valence-corrected chi connectivity index (χ3v) is 3.14. The van der Waals surface area contributed by atoms with Crippen LogP contribution in [0.4, 0.5) is 0 Å². The number of benzene rings is 1. The van der Waals surface area contributed by atoms with Crippen LogP contribution in [0.15, 0.2) is 35.9 Å². The fraction of sp³-hybridized carbons (Fsp3) is 0.471. The lowest BCUT2D eigenvalue weighted by molar-refractivity contribution is -0.144. The topological polar surface area (TPSA) is 65.0 Å². The van der Waals surface area contributed by atoms with E-state index in [9.17, 15) is 9.90 Å². The van der Waals surface area contributed by atoms with Gasteiger partial charge in [0, 0.05) is 0 Å². The molecule has 0 saturated heterocycles. The summed E-state index contributed by atoms with van der Waals surface area (Å²) >= 11 is 0. The van der Waals surface area contributed by atoms with Crippen LogP contribution in [0.5, 0.6) is 5.75 Å². The Balaban J connectivity index is 2.32. The van der Waals surface area contributed by atoms with Gasteiger partial charge in [-0.15, -0.1) is 0 Å². The predicted molar refractivity (Wildman–Crippen MR) is 83.7 cm³/mol. The molecule has 1 N–H and O–H groups in total. The number of carbonyl (C=O) groups is 1. The summed E-state index contributed by atoms with van der Waals surface area (Å²) in [6, 6.07) is 7.63. The second kappa shape index (κ2) is 9.97. The summed E-state index contributed by atoms with van der Waals surface area (Å²) in [6.07, 6.45) is 0.908. The van der Waals surface area contributed by atoms with Crippen LogP contribution in [0.2, 0.25) is 0 Å². The Hall–Kier alpha value is -1.85. The van der Waals surface area contributed by atoms with Crippen molar-refractivity contribution in [2.45, 2.75) is 33.0 Å². The van der Waals surface area contributed by atoms with E-state index in [0.717, 1.165) is 11.3 Å². The number of ether oxygens (including phenoxy) is 3. The summed E-state index contributed by atoms with van der Waals surface area (Å²) in [6.45, 7) is 4.67. The quantitative estimate of drug-likeness (QED) is 0.431. The van der Waals surface area contributed by atoms with Crippen molar-refractivity contribution in [3.05, 3.63) is 41.5 Å². The Kier molecular flexibility index (Phi) is 8.25. The van der Waals surface area contributed by atoms with Crippen LogP contribution in [-0.4, -0.2) is 37.5 Å². The van der Waals surface area contributed by atoms with Gasteiger partial charge in [-0.05, 0) is 37.1 Å². The Labute approximate surface area is 131 Å². The number of aliphatic hydroxyl groups excluding tert-OH is 1. The first kappa shape index (κ1) is 18.2. The van der Waals surface area contributed by atoms with E-state index in [4.69, 9.17) is 14.2 Å². The summed E-state index contributed by atoms with van der Waals surface area (Å²) in [4.78, 5) is 11.3. The lowest BCUT2D eigenvalue weighted by Gasteiger charge is -2.11. The van der Waals surface area contributed by atoms with Crippen molar-refractivity contribution in [2.24, 2.45) is 0 Å². The fourth-order valence-corrected chi connectivity index (χ4v) is 1.76. The second-order valence-electron chi connectivity index (χ2n) is 4.84. The highest BCUT2D eigenvalue weighted by atomic mass is 16.5. The zero-order chi connectivity index (χ0) is 16.4. The Morgan fingerprint density at radius 3 is 2.59 bits per heavy atom. The summed E-state index contributed by atoms with van der Waals surface area (Å²) in [5.74, 6) is 0.406. The molecule has 5 nitrogen and oxygen atoms in total. The largest absolute Gasteiger partial charge is 0.497 e. The van der Waals surface area contributed by atoms with Gasteiger partial charge in [-0.1, -0.05) is 18.2 Å². The van der Waals surface area contributed by atoms with E-state index < -0.39 is 12.1 Å². The molecular weight excluding hydrogens is 284 g/mol. The zero-order valence-corrected chi connectivity index (χ0v) is 13.4. The van der Waals surface area contributed by atoms with Gasteiger partial charge in [0.25, 0.3) is 0 Å². The third kappa shape index (κ3) is 6.74. The van der Waals surface area contributed by atoms with E-state index in [0.29, 0.717) is 25.4 Å². The molecule has 1 atom stereocenters. The molecule has 1 unspecified atom stereocenters. The molecule has 1 aromatic carbocycles. The summed E-state index contributed by atoms with van der Waals surface area (Å²) in [5.41, 5.74) is 1.74. The molecule has 1 rings (SSSR count). The van der Waals surface area contributed by atoms with Crippen LogP contribution in [0, 0.1) is 0 Å². The molecule has 0 aliphatic rings. The lowest BCUT2D eigenvalue weighted by atomic mass is 10.1. The van der Waals surface area contributed by atoms with Gasteiger partial charge in [-0.25, -0.2) is 0 Å². The van der Waals surface area contributed by atoms with E-state index in [1.807, 2.05) is 24.3 Å². The maximum atomic E-state index is 11.3. The number of hydrogen-bond acceptors (Lipinski definition) is 5. The van der Waals surface area contributed by atoms with Gasteiger partial charge in [0.2, 0.25) is 0 Å². The number of aliphatic hydroxyl groups is 1. The average Bonchev–Trinajstić information content (AvgIpc) is 2.52. The van der Waals surface area contributed by atoms with Crippen molar-refractivity contribution in [1.29, 1.82) is 0 Å². The van der Waals surface area contributed by atoms with Gasteiger partial charge in [-0.2, -0.15) is 0 Å². The van der Waals surface area contributed by atoms with Crippen molar-refractivity contribution in [3.63, 3.8) is 0 Å². The monoisotopic (exact) mass is 308 g/mol. The smallest absolute Gasteiger partial charge is 0.308 e. The molecule has 1 aromatic rings. The van der Waals surface area contributed by atoms with Gasteiger partial charge in [0.1, 0.15) is 5.75 Å². The SMILES string of the molecule is CCOC(=O)CC(O)/C(C)=C\COCc1ccc(OC)cc1. The highest BCUT2D eigenvalue weighted by molar-refractivity contribution is 5.70. The standard InChI is InChI=1S/C17H24O5/c1-4-22-17(19)11-16(18)13(2)9-10-21-12-14-5-7-15(20-3)8-6-14/h5-9,16,18H,4,10-12H2,1-3H3/b13-9-. The normalized spacial score (nSPS) is 12.8. The summed E-state index contributed by atoms with van der Waals surface area (Å²) < 4.78 is 15.4. The van der Waals surface area contributed by atoms with Crippen LogP contribution in [0.25, 0.3) is 0 Å². The minimum absolute atomic E-state index is 0.0331. The molecule has 0 radical (unpaired) electrons. The minimum atomic E-state index is -0.830. The fourth-order valence-electron chi connectivity index (χ4n) is 1.76. The Morgan fingerprint density at radius 1 is 1.32 bits per heavy atom. The first-order chi connectivity index (χ1) is 10.6. The number of esters is 1. The minimum Gasteiger partial charge on any atom is -0.497 e. The molecule has 0 aliphatic heterocycles. The number of hydrogen-bond donors (Lipinski definition) is 1. The summed E-state index contributed by atoms with van der Waals surface area (Å²) in [5, 5.41) is 9.85. The van der Waals surface area contributed by atoms with Gasteiger partial charge in [0.15, 0.2) is 0 Å². The molecule has 0 heterocycles. The number of methoxy groups -OCH3 is 1. The predicted octanol–water partition coefficient (Wildman–Crippen LogP) is 2.47. The van der Waals surface area contributed by atoms with Crippen LogP contribution < -0.4 is 4.74 Å². The zero-order valence-electron chi connectivity index (χ0n) is 13.4. The van der Waals surface area contributed by atoms with E-state index >= 15 is 0 Å². The number of rotatable bonds is 9. The highest BCUT2D eigenvalue weighted by Crippen LogP contribution is 2.12. The molecular formula is C17H24O5. The second-order valence-corrected chi connectivity index (χ2v) is 4.84. The molecule has 122 valence electrons.